The number of hydrogen-bond donors (Lipinski definition) is 1. The van der Waals surface area contributed by atoms with Crippen molar-refractivity contribution in [2.24, 2.45) is 11.8 Å². The van der Waals surface area contributed by atoms with E-state index in [-0.39, 0.29) is 0 Å². The first kappa shape index (κ1) is 13.7. The Labute approximate surface area is 115 Å². The van der Waals surface area contributed by atoms with Crippen LogP contribution in [0.1, 0.15) is 46.0 Å². The zero-order valence-electron chi connectivity index (χ0n) is 11.3. The van der Waals surface area contributed by atoms with Gasteiger partial charge in [0.1, 0.15) is 5.15 Å². The van der Waals surface area contributed by atoms with Crippen LogP contribution in [0.4, 0.5) is 5.69 Å². The van der Waals surface area contributed by atoms with Gasteiger partial charge < -0.3 is 5.32 Å². The lowest BCUT2D eigenvalue weighted by Gasteiger charge is -2.31. The molecule has 1 aliphatic rings. The molecule has 1 heterocycles. The van der Waals surface area contributed by atoms with Crippen LogP contribution in [-0.2, 0) is 0 Å². The quantitative estimate of drug-likeness (QED) is 0.796. The largest absolute Gasteiger partial charge is 0.381 e. The third-order valence-electron chi connectivity index (χ3n) is 3.69. The van der Waals surface area contributed by atoms with Gasteiger partial charge in [0, 0.05) is 6.04 Å². The molecule has 2 atom stereocenters. The van der Waals surface area contributed by atoms with Gasteiger partial charge in [0.15, 0.2) is 0 Å². The van der Waals surface area contributed by atoms with Crippen LogP contribution in [0.5, 0.6) is 0 Å². The smallest absolute Gasteiger partial charge is 0.129 e. The SMILES string of the molecule is CC(C)CC1CCCC(Nc2ccc(Cl)nc2)C1. The number of aromatic nitrogens is 1. The number of anilines is 1. The summed E-state index contributed by atoms with van der Waals surface area (Å²) in [5.41, 5.74) is 1.09. The zero-order valence-corrected chi connectivity index (χ0v) is 12.1. The van der Waals surface area contributed by atoms with Crippen molar-refractivity contribution in [2.75, 3.05) is 5.32 Å². The summed E-state index contributed by atoms with van der Waals surface area (Å²) in [6.45, 7) is 4.64. The fraction of sp³-hybridized carbons (Fsp3) is 0.667. The number of pyridine rings is 1. The van der Waals surface area contributed by atoms with Crippen molar-refractivity contribution in [3.63, 3.8) is 0 Å². The second-order valence-electron chi connectivity index (χ2n) is 5.87. The lowest BCUT2D eigenvalue weighted by molar-refractivity contribution is 0.289. The fourth-order valence-corrected chi connectivity index (χ4v) is 3.11. The molecule has 1 aromatic rings. The predicted octanol–water partition coefficient (Wildman–Crippen LogP) is 4.75. The third-order valence-corrected chi connectivity index (χ3v) is 3.91. The van der Waals surface area contributed by atoms with Gasteiger partial charge in [-0.2, -0.15) is 0 Å². The average Bonchev–Trinajstić information content (AvgIpc) is 2.32. The summed E-state index contributed by atoms with van der Waals surface area (Å²) in [5.74, 6) is 1.70. The second kappa shape index (κ2) is 6.42. The molecule has 0 spiro atoms. The molecule has 0 bridgehead atoms. The molecule has 0 radical (unpaired) electrons. The van der Waals surface area contributed by atoms with E-state index in [0.717, 1.165) is 17.5 Å². The Hall–Kier alpha value is -0.760. The maximum atomic E-state index is 5.80. The van der Waals surface area contributed by atoms with Gasteiger partial charge in [-0.1, -0.05) is 38.3 Å². The van der Waals surface area contributed by atoms with Crippen LogP contribution in [0.25, 0.3) is 0 Å². The van der Waals surface area contributed by atoms with Gasteiger partial charge in [-0.25, -0.2) is 4.98 Å². The molecule has 1 fully saturated rings. The minimum atomic E-state index is 0.557. The number of nitrogens with one attached hydrogen (secondary N) is 1. The zero-order chi connectivity index (χ0) is 13.0. The van der Waals surface area contributed by atoms with Gasteiger partial charge in [-0.3, -0.25) is 0 Å². The summed E-state index contributed by atoms with van der Waals surface area (Å²) in [6, 6.07) is 4.46. The highest BCUT2D eigenvalue weighted by atomic mass is 35.5. The van der Waals surface area contributed by atoms with Gasteiger partial charge >= 0.3 is 0 Å². The van der Waals surface area contributed by atoms with Gasteiger partial charge in [-0.15, -0.1) is 0 Å². The summed E-state index contributed by atoms with van der Waals surface area (Å²) in [5, 5.41) is 4.15. The fourth-order valence-electron chi connectivity index (χ4n) is 3.00. The normalized spacial score (nSPS) is 24.2. The van der Waals surface area contributed by atoms with Gasteiger partial charge in [-0.05, 0) is 43.2 Å². The van der Waals surface area contributed by atoms with Crippen molar-refractivity contribution in [1.29, 1.82) is 0 Å². The van der Waals surface area contributed by atoms with E-state index in [1.54, 1.807) is 0 Å². The van der Waals surface area contributed by atoms with E-state index in [0.29, 0.717) is 11.2 Å². The second-order valence-corrected chi connectivity index (χ2v) is 6.26. The van der Waals surface area contributed by atoms with E-state index < -0.39 is 0 Å². The first-order valence-electron chi connectivity index (χ1n) is 7.01. The molecule has 0 aromatic carbocycles. The summed E-state index contributed by atoms with van der Waals surface area (Å²) in [7, 11) is 0. The van der Waals surface area contributed by atoms with Crippen molar-refractivity contribution >= 4 is 17.3 Å². The molecule has 2 unspecified atom stereocenters. The minimum Gasteiger partial charge on any atom is -0.381 e. The Morgan fingerprint density at radius 1 is 1.39 bits per heavy atom. The molecule has 0 aliphatic heterocycles. The van der Waals surface area contributed by atoms with Crippen molar-refractivity contribution in [3.8, 4) is 0 Å². The van der Waals surface area contributed by atoms with E-state index in [9.17, 15) is 0 Å². The van der Waals surface area contributed by atoms with Crippen LogP contribution in [0.3, 0.4) is 0 Å². The Morgan fingerprint density at radius 3 is 2.89 bits per heavy atom. The molecule has 18 heavy (non-hydrogen) atoms. The van der Waals surface area contributed by atoms with E-state index in [4.69, 9.17) is 11.6 Å². The Bertz CT molecular complexity index is 361. The molecule has 2 rings (SSSR count). The highest BCUT2D eigenvalue weighted by Crippen LogP contribution is 2.30. The van der Waals surface area contributed by atoms with Crippen molar-refractivity contribution in [1.82, 2.24) is 4.98 Å². The summed E-state index contributed by atoms with van der Waals surface area (Å²) < 4.78 is 0. The highest BCUT2D eigenvalue weighted by molar-refractivity contribution is 6.29. The number of hydrogen-bond acceptors (Lipinski definition) is 2. The van der Waals surface area contributed by atoms with Crippen molar-refractivity contribution < 1.29 is 0 Å². The molecule has 3 heteroatoms. The maximum Gasteiger partial charge on any atom is 0.129 e. The van der Waals surface area contributed by atoms with Crippen LogP contribution >= 0.6 is 11.6 Å². The molecule has 0 saturated heterocycles. The summed E-state index contributed by atoms with van der Waals surface area (Å²) in [4.78, 5) is 4.11. The molecular formula is C15H23ClN2. The number of halogens is 1. The topological polar surface area (TPSA) is 24.9 Å². The molecular weight excluding hydrogens is 244 g/mol. The van der Waals surface area contributed by atoms with Crippen molar-refractivity contribution in [3.05, 3.63) is 23.5 Å². The maximum absolute atomic E-state index is 5.80. The Kier molecular flexibility index (Phi) is 4.87. The van der Waals surface area contributed by atoms with Crippen LogP contribution in [0.15, 0.2) is 18.3 Å². The molecule has 1 N–H and O–H groups in total. The monoisotopic (exact) mass is 266 g/mol. The number of nitrogens with zero attached hydrogens (tertiary/aromatic N) is 1. The van der Waals surface area contributed by atoms with E-state index in [2.05, 4.69) is 24.1 Å². The third kappa shape index (κ3) is 4.16. The molecule has 0 amide bonds. The molecule has 100 valence electrons. The molecule has 2 nitrogen and oxygen atoms in total. The first-order chi connectivity index (χ1) is 8.63. The summed E-state index contributed by atoms with van der Waals surface area (Å²) >= 11 is 5.80. The van der Waals surface area contributed by atoms with Gasteiger partial charge in [0.25, 0.3) is 0 Å². The number of rotatable bonds is 4. The Balaban J connectivity index is 1.87. The van der Waals surface area contributed by atoms with E-state index in [1.807, 2.05) is 18.3 Å². The van der Waals surface area contributed by atoms with Crippen LogP contribution in [0, 0.1) is 11.8 Å². The van der Waals surface area contributed by atoms with Crippen molar-refractivity contribution in [2.45, 2.75) is 52.0 Å². The van der Waals surface area contributed by atoms with E-state index >= 15 is 0 Å². The molecule has 1 saturated carbocycles. The van der Waals surface area contributed by atoms with Crippen LogP contribution in [0.2, 0.25) is 5.15 Å². The van der Waals surface area contributed by atoms with Crippen LogP contribution < -0.4 is 5.32 Å². The van der Waals surface area contributed by atoms with Gasteiger partial charge in [0.05, 0.1) is 11.9 Å². The lowest BCUT2D eigenvalue weighted by Crippen LogP contribution is -2.28. The van der Waals surface area contributed by atoms with Gasteiger partial charge in [0.2, 0.25) is 0 Å². The molecule has 1 aliphatic carbocycles. The average molecular weight is 267 g/mol. The van der Waals surface area contributed by atoms with Crippen LogP contribution in [-0.4, -0.2) is 11.0 Å². The first-order valence-corrected chi connectivity index (χ1v) is 7.39. The Morgan fingerprint density at radius 2 is 2.22 bits per heavy atom. The lowest BCUT2D eigenvalue weighted by atomic mass is 9.81. The van der Waals surface area contributed by atoms with E-state index in [1.165, 1.54) is 32.1 Å². The molecule has 1 aromatic heterocycles. The standard InChI is InChI=1S/C15H23ClN2/c1-11(2)8-12-4-3-5-13(9-12)18-14-6-7-15(16)17-10-14/h6-7,10-13,18H,3-5,8-9H2,1-2H3. The predicted molar refractivity (Wildman–Crippen MR) is 78.1 cm³/mol. The highest BCUT2D eigenvalue weighted by Gasteiger charge is 2.22. The minimum absolute atomic E-state index is 0.557. The summed E-state index contributed by atoms with van der Waals surface area (Å²) in [6.07, 6.45) is 8.49.